The zero-order valence-corrected chi connectivity index (χ0v) is 13.1. The third kappa shape index (κ3) is 2.60. The molecule has 6 heteroatoms. The Morgan fingerprint density at radius 2 is 2.00 bits per heavy atom. The molecule has 0 aromatic carbocycles. The standard InChI is InChI=1S/C15H16ClNO3S/c1-17(7-10-4-5-11(16)21-10)14(18)12-8-2-3-9(6-8)13(12)15(19)20/h2-5,8-9,12-13H,6-7H2,1H3,(H,19,20). The van der Waals surface area contributed by atoms with Crippen LogP contribution >= 0.6 is 22.9 Å². The number of rotatable bonds is 4. The van der Waals surface area contributed by atoms with Crippen LogP contribution in [0.2, 0.25) is 4.34 Å². The smallest absolute Gasteiger partial charge is 0.307 e. The highest BCUT2D eigenvalue weighted by Crippen LogP contribution is 2.48. The third-order valence-electron chi connectivity index (χ3n) is 4.43. The average Bonchev–Trinajstić information content (AvgIpc) is 3.12. The summed E-state index contributed by atoms with van der Waals surface area (Å²) < 4.78 is 0.692. The predicted octanol–water partition coefficient (Wildman–Crippen LogP) is 2.88. The van der Waals surface area contributed by atoms with E-state index in [1.807, 2.05) is 18.2 Å². The molecule has 2 bridgehead atoms. The van der Waals surface area contributed by atoms with E-state index in [1.54, 1.807) is 18.0 Å². The van der Waals surface area contributed by atoms with Gasteiger partial charge >= 0.3 is 5.97 Å². The van der Waals surface area contributed by atoms with Crippen LogP contribution < -0.4 is 0 Å². The van der Waals surface area contributed by atoms with Crippen LogP contribution in [0.15, 0.2) is 24.3 Å². The number of amides is 1. The lowest BCUT2D eigenvalue weighted by Crippen LogP contribution is -2.40. The van der Waals surface area contributed by atoms with Gasteiger partial charge in [0.2, 0.25) is 5.91 Å². The molecular formula is C15H16ClNO3S. The van der Waals surface area contributed by atoms with E-state index in [2.05, 4.69) is 0 Å². The van der Waals surface area contributed by atoms with Crippen molar-refractivity contribution in [3.05, 3.63) is 33.5 Å². The number of carboxylic acid groups (broad SMARTS) is 1. The molecule has 1 saturated carbocycles. The number of nitrogens with zero attached hydrogens (tertiary/aromatic N) is 1. The summed E-state index contributed by atoms with van der Waals surface area (Å²) in [6.45, 7) is 0.472. The summed E-state index contributed by atoms with van der Waals surface area (Å²) in [5.41, 5.74) is 0. The summed E-state index contributed by atoms with van der Waals surface area (Å²) in [6.07, 6.45) is 4.74. The van der Waals surface area contributed by atoms with E-state index < -0.39 is 17.8 Å². The van der Waals surface area contributed by atoms with Gasteiger partial charge in [0, 0.05) is 11.9 Å². The number of fused-ring (bicyclic) bond motifs is 2. The van der Waals surface area contributed by atoms with Crippen LogP contribution in [0, 0.1) is 23.7 Å². The molecule has 0 spiro atoms. The number of halogens is 1. The lowest BCUT2D eigenvalue weighted by molar-refractivity contribution is -0.150. The van der Waals surface area contributed by atoms with Crippen molar-refractivity contribution in [3.63, 3.8) is 0 Å². The zero-order valence-electron chi connectivity index (χ0n) is 11.5. The number of carbonyl (C=O) groups is 2. The molecule has 0 aliphatic heterocycles. The Bertz CT molecular complexity index is 612. The van der Waals surface area contributed by atoms with Gasteiger partial charge in [-0.3, -0.25) is 9.59 Å². The van der Waals surface area contributed by atoms with E-state index in [9.17, 15) is 14.7 Å². The molecule has 1 N–H and O–H groups in total. The summed E-state index contributed by atoms with van der Waals surface area (Å²) in [4.78, 5) is 26.8. The molecule has 1 aromatic heterocycles. The quantitative estimate of drug-likeness (QED) is 0.866. The summed E-state index contributed by atoms with van der Waals surface area (Å²) in [6, 6.07) is 3.70. The van der Waals surface area contributed by atoms with Crippen LogP contribution in [-0.2, 0) is 16.1 Å². The van der Waals surface area contributed by atoms with E-state index in [1.165, 1.54) is 11.3 Å². The van der Waals surface area contributed by atoms with Crippen LogP contribution in [0.5, 0.6) is 0 Å². The minimum atomic E-state index is -0.863. The van der Waals surface area contributed by atoms with Gasteiger partial charge in [-0.2, -0.15) is 0 Å². The molecule has 4 atom stereocenters. The lowest BCUT2D eigenvalue weighted by atomic mass is 9.82. The monoisotopic (exact) mass is 325 g/mol. The van der Waals surface area contributed by atoms with E-state index in [0.717, 1.165) is 11.3 Å². The Hall–Kier alpha value is -1.33. The fourth-order valence-electron chi connectivity index (χ4n) is 3.50. The van der Waals surface area contributed by atoms with Gasteiger partial charge in [0.15, 0.2) is 0 Å². The second-order valence-corrected chi connectivity index (χ2v) is 7.54. The molecule has 1 aromatic rings. The first-order valence-electron chi connectivity index (χ1n) is 6.87. The van der Waals surface area contributed by atoms with Crippen molar-refractivity contribution in [1.29, 1.82) is 0 Å². The predicted molar refractivity (Wildman–Crippen MR) is 81.2 cm³/mol. The van der Waals surface area contributed by atoms with Crippen LogP contribution in [0.3, 0.4) is 0 Å². The van der Waals surface area contributed by atoms with Crippen molar-refractivity contribution in [1.82, 2.24) is 4.90 Å². The molecular weight excluding hydrogens is 310 g/mol. The summed E-state index contributed by atoms with van der Waals surface area (Å²) in [5, 5.41) is 9.41. The highest BCUT2D eigenvalue weighted by atomic mass is 35.5. The maximum Gasteiger partial charge on any atom is 0.307 e. The molecule has 3 rings (SSSR count). The molecule has 1 fully saturated rings. The van der Waals surface area contributed by atoms with Crippen molar-refractivity contribution in [2.24, 2.45) is 23.7 Å². The highest BCUT2D eigenvalue weighted by molar-refractivity contribution is 7.16. The van der Waals surface area contributed by atoms with Crippen molar-refractivity contribution >= 4 is 34.8 Å². The Labute approximate surface area is 132 Å². The number of hydrogen-bond acceptors (Lipinski definition) is 3. The third-order valence-corrected chi connectivity index (χ3v) is 5.64. The number of allylic oxidation sites excluding steroid dienone is 2. The number of carbonyl (C=O) groups excluding carboxylic acids is 1. The van der Waals surface area contributed by atoms with E-state index in [4.69, 9.17) is 11.6 Å². The van der Waals surface area contributed by atoms with Crippen LogP contribution in [0.1, 0.15) is 11.3 Å². The second-order valence-electron chi connectivity index (χ2n) is 5.74. The second kappa shape index (κ2) is 5.46. The van der Waals surface area contributed by atoms with E-state index in [0.29, 0.717) is 10.9 Å². The summed E-state index contributed by atoms with van der Waals surface area (Å²) in [7, 11) is 1.73. The summed E-state index contributed by atoms with van der Waals surface area (Å²) in [5.74, 6) is -1.88. The Morgan fingerprint density at radius 3 is 2.57 bits per heavy atom. The Kier molecular flexibility index (Phi) is 3.80. The summed E-state index contributed by atoms with van der Waals surface area (Å²) >= 11 is 7.33. The van der Waals surface area contributed by atoms with Gasteiger partial charge in [-0.1, -0.05) is 23.8 Å². The molecule has 0 saturated heterocycles. The SMILES string of the molecule is CN(Cc1ccc(Cl)s1)C(=O)C1C2C=CC(C2)C1C(=O)O. The van der Waals surface area contributed by atoms with Gasteiger partial charge in [-0.15, -0.1) is 11.3 Å². The molecule has 4 nitrogen and oxygen atoms in total. The molecule has 0 radical (unpaired) electrons. The molecule has 112 valence electrons. The maximum atomic E-state index is 12.7. The number of aliphatic carboxylic acids is 1. The Morgan fingerprint density at radius 1 is 1.33 bits per heavy atom. The average molecular weight is 326 g/mol. The largest absolute Gasteiger partial charge is 0.481 e. The highest BCUT2D eigenvalue weighted by Gasteiger charge is 2.52. The maximum absolute atomic E-state index is 12.7. The molecule has 1 amide bonds. The van der Waals surface area contributed by atoms with Gasteiger partial charge in [-0.05, 0) is 30.4 Å². The first-order valence-corrected chi connectivity index (χ1v) is 8.07. The van der Waals surface area contributed by atoms with Gasteiger partial charge in [-0.25, -0.2) is 0 Å². The zero-order chi connectivity index (χ0) is 15.1. The van der Waals surface area contributed by atoms with Crippen molar-refractivity contribution in [2.75, 3.05) is 7.05 Å². The molecule has 4 unspecified atom stereocenters. The molecule has 2 aliphatic carbocycles. The molecule has 21 heavy (non-hydrogen) atoms. The molecule has 2 aliphatic rings. The number of carboxylic acids is 1. The number of hydrogen-bond donors (Lipinski definition) is 1. The Balaban J connectivity index is 1.74. The minimum Gasteiger partial charge on any atom is -0.481 e. The van der Waals surface area contributed by atoms with Gasteiger partial charge < -0.3 is 10.0 Å². The van der Waals surface area contributed by atoms with Crippen LogP contribution in [-0.4, -0.2) is 28.9 Å². The lowest BCUT2D eigenvalue weighted by Gasteiger charge is -2.28. The van der Waals surface area contributed by atoms with Gasteiger partial charge in [0.1, 0.15) is 0 Å². The van der Waals surface area contributed by atoms with Crippen molar-refractivity contribution < 1.29 is 14.7 Å². The number of thiophene rings is 1. The van der Waals surface area contributed by atoms with E-state index in [-0.39, 0.29) is 17.7 Å². The fraction of sp³-hybridized carbons (Fsp3) is 0.467. The van der Waals surface area contributed by atoms with Crippen molar-refractivity contribution in [2.45, 2.75) is 13.0 Å². The first kappa shape index (κ1) is 14.6. The van der Waals surface area contributed by atoms with Crippen LogP contribution in [0.4, 0.5) is 0 Å². The molecule has 1 heterocycles. The first-order chi connectivity index (χ1) is 9.97. The van der Waals surface area contributed by atoms with Gasteiger partial charge in [0.25, 0.3) is 0 Å². The van der Waals surface area contributed by atoms with Gasteiger partial charge in [0.05, 0.1) is 22.7 Å². The topological polar surface area (TPSA) is 57.6 Å². The van der Waals surface area contributed by atoms with Crippen molar-refractivity contribution in [3.8, 4) is 0 Å². The van der Waals surface area contributed by atoms with Crippen LogP contribution in [0.25, 0.3) is 0 Å². The van der Waals surface area contributed by atoms with E-state index >= 15 is 0 Å². The normalized spacial score (nSPS) is 29.8. The fourth-order valence-corrected chi connectivity index (χ4v) is 4.64. The minimum absolute atomic E-state index is 0.00559.